The summed E-state index contributed by atoms with van der Waals surface area (Å²) in [5.41, 5.74) is -0.280. The number of rotatable bonds is 5. The highest BCUT2D eigenvalue weighted by Crippen LogP contribution is 2.00. The molecule has 0 aliphatic rings. The quantitative estimate of drug-likeness (QED) is 0.747. The Bertz CT molecular complexity index is 467. The van der Waals surface area contributed by atoms with Crippen molar-refractivity contribution in [2.75, 3.05) is 27.2 Å². The molecule has 2 N–H and O–H groups in total. The molecular weight excluding hydrogens is 236 g/mol. The van der Waals surface area contributed by atoms with Gasteiger partial charge in [-0.25, -0.2) is 0 Å². The first-order valence-electron chi connectivity index (χ1n) is 5.61. The van der Waals surface area contributed by atoms with Gasteiger partial charge in [-0.15, -0.1) is 0 Å². The number of carbonyl (C=O) groups excluding carboxylic acids is 1. The number of amides is 1. The summed E-state index contributed by atoms with van der Waals surface area (Å²) in [5, 5.41) is 12.1. The summed E-state index contributed by atoms with van der Waals surface area (Å²) in [5.74, 6) is -0.174. The fraction of sp³-hybridized carbons (Fsp3) is 0.500. The minimum absolute atomic E-state index is 0.0444. The van der Waals surface area contributed by atoms with E-state index in [1.54, 1.807) is 6.92 Å². The number of hydrogen-bond donors (Lipinski definition) is 2. The minimum atomic E-state index is -0.666. The normalized spacial score (nSPS) is 12.5. The molecule has 1 rings (SSSR count). The first-order chi connectivity index (χ1) is 8.38. The molecule has 0 spiro atoms. The summed E-state index contributed by atoms with van der Waals surface area (Å²) < 4.78 is 5.13. The maximum absolute atomic E-state index is 11.7. The molecule has 6 heteroatoms. The highest BCUT2D eigenvalue weighted by molar-refractivity contribution is 5.91. The van der Waals surface area contributed by atoms with Crippen LogP contribution in [0.15, 0.2) is 21.3 Å². The number of aliphatic hydroxyl groups is 1. The van der Waals surface area contributed by atoms with Crippen molar-refractivity contribution in [3.8, 4) is 0 Å². The van der Waals surface area contributed by atoms with Crippen LogP contribution in [0.2, 0.25) is 0 Å². The van der Waals surface area contributed by atoms with E-state index in [-0.39, 0.29) is 17.7 Å². The van der Waals surface area contributed by atoms with E-state index in [1.807, 2.05) is 19.0 Å². The molecule has 0 bridgehead atoms. The van der Waals surface area contributed by atoms with Gasteiger partial charge >= 0.3 is 0 Å². The van der Waals surface area contributed by atoms with Crippen LogP contribution in [0.1, 0.15) is 16.3 Å². The van der Waals surface area contributed by atoms with Crippen LogP contribution < -0.4 is 10.7 Å². The topological polar surface area (TPSA) is 82.8 Å². The molecule has 1 aromatic heterocycles. The number of hydrogen-bond acceptors (Lipinski definition) is 5. The highest BCUT2D eigenvalue weighted by atomic mass is 16.3. The maximum atomic E-state index is 11.7. The van der Waals surface area contributed by atoms with Gasteiger partial charge in [0.1, 0.15) is 5.76 Å². The lowest BCUT2D eigenvalue weighted by atomic mass is 10.3. The fourth-order valence-corrected chi connectivity index (χ4v) is 1.50. The second kappa shape index (κ2) is 6.32. The Labute approximate surface area is 105 Å². The lowest BCUT2D eigenvalue weighted by Crippen LogP contribution is -2.37. The highest BCUT2D eigenvalue weighted by Gasteiger charge is 2.12. The van der Waals surface area contributed by atoms with Crippen molar-refractivity contribution >= 4 is 5.91 Å². The zero-order valence-corrected chi connectivity index (χ0v) is 10.8. The number of aliphatic hydroxyl groups excluding tert-OH is 1. The number of nitrogens with one attached hydrogen (secondary N) is 1. The van der Waals surface area contributed by atoms with Crippen molar-refractivity contribution in [1.82, 2.24) is 10.2 Å². The monoisotopic (exact) mass is 254 g/mol. The summed E-state index contributed by atoms with van der Waals surface area (Å²) in [6, 6.07) is 2.43. The van der Waals surface area contributed by atoms with Gasteiger partial charge in [-0.1, -0.05) is 0 Å². The van der Waals surface area contributed by atoms with E-state index in [0.717, 1.165) is 6.07 Å². The Kier molecular flexibility index (Phi) is 5.06. The molecule has 0 saturated heterocycles. The lowest BCUT2D eigenvalue weighted by molar-refractivity contribution is 0.0862. The third kappa shape index (κ3) is 4.68. The molecule has 100 valence electrons. The van der Waals surface area contributed by atoms with E-state index < -0.39 is 12.0 Å². The minimum Gasteiger partial charge on any atom is -0.456 e. The second-order valence-corrected chi connectivity index (χ2v) is 4.39. The van der Waals surface area contributed by atoms with Gasteiger partial charge < -0.3 is 19.7 Å². The third-order valence-electron chi connectivity index (χ3n) is 2.19. The SMILES string of the molecule is Cc1cc(=O)cc(C(=O)NC[C@H](O)CN(C)C)o1. The Hall–Kier alpha value is -1.66. The van der Waals surface area contributed by atoms with Crippen LogP contribution in [0.25, 0.3) is 0 Å². The van der Waals surface area contributed by atoms with Crippen LogP contribution in [0, 0.1) is 6.92 Å². The summed E-state index contributed by atoms with van der Waals surface area (Å²) >= 11 is 0. The van der Waals surface area contributed by atoms with E-state index in [1.165, 1.54) is 6.07 Å². The standard InChI is InChI=1S/C12H18N2O4/c1-8-4-9(15)5-11(18-8)12(17)13-6-10(16)7-14(2)3/h4-5,10,16H,6-7H2,1-3H3,(H,13,17)/t10-/m0/s1. The zero-order valence-electron chi connectivity index (χ0n) is 10.8. The van der Waals surface area contributed by atoms with Gasteiger partial charge in [0.25, 0.3) is 5.91 Å². The number of carbonyl (C=O) groups is 1. The van der Waals surface area contributed by atoms with E-state index in [9.17, 15) is 14.7 Å². The molecule has 0 fully saturated rings. The predicted octanol–water partition coefficient (Wildman–Crippen LogP) is -0.399. The van der Waals surface area contributed by atoms with E-state index in [0.29, 0.717) is 12.3 Å². The van der Waals surface area contributed by atoms with Crippen molar-refractivity contribution in [3.63, 3.8) is 0 Å². The summed E-state index contributed by atoms with van der Waals surface area (Å²) in [6.07, 6.45) is -0.666. The van der Waals surface area contributed by atoms with Gasteiger partial charge in [0.05, 0.1) is 6.10 Å². The van der Waals surface area contributed by atoms with Crippen molar-refractivity contribution in [2.24, 2.45) is 0 Å². The molecule has 0 radical (unpaired) electrons. The molecule has 6 nitrogen and oxygen atoms in total. The van der Waals surface area contributed by atoms with Gasteiger partial charge in [-0.05, 0) is 21.0 Å². The van der Waals surface area contributed by atoms with Crippen LogP contribution >= 0.6 is 0 Å². The molecule has 0 aliphatic heterocycles. The molecule has 0 aromatic carbocycles. The molecule has 0 unspecified atom stereocenters. The number of likely N-dealkylation sites (N-methyl/N-ethyl adjacent to an activating group) is 1. The van der Waals surface area contributed by atoms with Crippen LogP contribution in [0.3, 0.4) is 0 Å². The van der Waals surface area contributed by atoms with Crippen molar-refractivity contribution in [2.45, 2.75) is 13.0 Å². The Balaban J connectivity index is 2.58. The molecule has 1 heterocycles. The average molecular weight is 254 g/mol. The molecule has 1 atom stereocenters. The Morgan fingerprint density at radius 3 is 2.72 bits per heavy atom. The van der Waals surface area contributed by atoms with Crippen molar-refractivity contribution in [1.29, 1.82) is 0 Å². The van der Waals surface area contributed by atoms with Crippen molar-refractivity contribution in [3.05, 3.63) is 33.9 Å². The molecule has 0 aliphatic carbocycles. The molecule has 0 saturated carbocycles. The Morgan fingerprint density at radius 1 is 1.50 bits per heavy atom. The molecule has 1 aromatic rings. The first-order valence-corrected chi connectivity index (χ1v) is 5.61. The van der Waals surface area contributed by atoms with Gasteiger partial charge in [-0.2, -0.15) is 0 Å². The van der Waals surface area contributed by atoms with Crippen LogP contribution in [-0.2, 0) is 0 Å². The summed E-state index contributed by atoms with van der Waals surface area (Å²) in [6.45, 7) is 2.14. The third-order valence-corrected chi connectivity index (χ3v) is 2.19. The first kappa shape index (κ1) is 14.4. The maximum Gasteiger partial charge on any atom is 0.287 e. The Morgan fingerprint density at radius 2 is 2.17 bits per heavy atom. The number of nitrogens with zero attached hydrogens (tertiary/aromatic N) is 1. The largest absolute Gasteiger partial charge is 0.456 e. The van der Waals surface area contributed by atoms with Crippen molar-refractivity contribution < 1.29 is 14.3 Å². The van der Waals surface area contributed by atoms with E-state index in [4.69, 9.17) is 4.42 Å². The van der Waals surface area contributed by atoms with Crippen LogP contribution in [-0.4, -0.2) is 49.2 Å². The lowest BCUT2D eigenvalue weighted by Gasteiger charge is -2.16. The second-order valence-electron chi connectivity index (χ2n) is 4.39. The van der Waals surface area contributed by atoms with Gasteiger partial charge in [0.15, 0.2) is 11.2 Å². The molecule has 18 heavy (non-hydrogen) atoms. The summed E-state index contributed by atoms with van der Waals surface area (Å²) in [7, 11) is 3.65. The van der Waals surface area contributed by atoms with Gasteiger partial charge in [0, 0.05) is 25.2 Å². The molecule has 1 amide bonds. The fourth-order valence-electron chi connectivity index (χ4n) is 1.50. The summed E-state index contributed by atoms with van der Waals surface area (Å²) in [4.78, 5) is 24.7. The molecular formula is C12H18N2O4. The van der Waals surface area contributed by atoms with E-state index in [2.05, 4.69) is 5.32 Å². The zero-order chi connectivity index (χ0) is 13.7. The van der Waals surface area contributed by atoms with E-state index >= 15 is 0 Å². The van der Waals surface area contributed by atoms with Crippen LogP contribution in [0.4, 0.5) is 0 Å². The predicted molar refractivity (Wildman–Crippen MR) is 66.6 cm³/mol. The van der Waals surface area contributed by atoms with Crippen LogP contribution in [0.5, 0.6) is 0 Å². The number of aryl methyl sites for hydroxylation is 1. The smallest absolute Gasteiger partial charge is 0.287 e. The average Bonchev–Trinajstić information content (AvgIpc) is 2.23. The van der Waals surface area contributed by atoms with Gasteiger partial charge in [0.2, 0.25) is 0 Å². The van der Waals surface area contributed by atoms with Gasteiger partial charge in [-0.3, -0.25) is 9.59 Å².